The fourth-order valence-corrected chi connectivity index (χ4v) is 1.86. The highest BCUT2D eigenvalue weighted by molar-refractivity contribution is 6.33. The Morgan fingerprint density at radius 2 is 2.24 bits per heavy atom. The van der Waals surface area contributed by atoms with Crippen molar-refractivity contribution >= 4 is 23.3 Å². The lowest BCUT2D eigenvalue weighted by Crippen LogP contribution is -1.96. The molecule has 0 radical (unpaired) electrons. The van der Waals surface area contributed by atoms with Gasteiger partial charge in [0, 0.05) is 30.5 Å². The molecule has 9 heteroatoms. The fourth-order valence-electron chi connectivity index (χ4n) is 1.65. The van der Waals surface area contributed by atoms with Gasteiger partial charge in [-0.15, -0.1) is 0 Å². The number of hydrogen-bond acceptors (Lipinski definition) is 6. The molecule has 0 spiro atoms. The second-order valence-corrected chi connectivity index (χ2v) is 4.59. The van der Waals surface area contributed by atoms with Gasteiger partial charge in [-0.3, -0.25) is 14.9 Å². The summed E-state index contributed by atoms with van der Waals surface area (Å²) in [6.45, 7) is 0. The van der Waals surface area contributed by atoms with Crippen molar-refractivity contribution < 1.29 is 19.3 Å². The third-order valence-electron chi connectivity index (χ3n) is 2.65. The van der Waals surface area contributed by atoms with Gasteiger partial charge in [-0.2, -0.15) is 4.98 Å². The lowest BCUT2D eigenvalue weighted by molar-refractivity contribution is -0.384. The van der Waals surface area contributed by atoms with Crippen LogP contribution in [0.4, 0.5) is 5.69 Å². The molecule has 0 saturated heterocycles. The van der Waals surface area contributed by atoms with E-state index in [0.29, 0.717) is 18.4 Å². The molecule has 1 aromatic heterocycles. The van der Waals surface area contributed by atoms with Crippen LogP contribution in [0.15, 0.2) is 22.7 Å². The van der Waals surface area contributed by atoms with Gasteiger partial charge in [0.05, 0.1) is 9.95 Å². The monoisotopic (exact) mass is 311 g/mol. The molecule has 0 saturated carbocycles. The minimum atomic E-state index is -0.906. The number of rotatable bonds is 6. The second kappa shape index (κ2) is 6.31. The molecule has 2 rings (SSSR count). The third-order valence-corrected chi connectivity index (χ3v) is 2.98. The predicted octanol–water partition coefficient (Wildman–Crippen LogP) is 2.71. The molecule has 1 N–H and O–H groups in total. The van der Waals surface area contributed by atoms with E-state index in [1.165, 1.54) is 18.2 Å². The second-order valence-electron chi connectivity index (χ2n) is 4.18. The van der Waals surface area contributed by atoms with Crippen LogP contribution in [0.3, 0.4) is 0 Å². The van der Waals surface area contributed by atoms with Gasteiger partial charge in [-0.25, -0.2) is 0 Å². The van der Waals surface area contributed by atoms with Crippen molar-refractivity contribution in [3.05, 3.63) is 39.2 Å². The van der Waals surface area contributed by atoms with Crippen LogP contribution in [0.2, 0.25) is 5.02 Å². The number of nitro benzene ring substituents is 1. The number of nitrogens with zero attached hydrogens (tertiary/aromatic N) is 3. The normalized spacial score (nSPS) is 10.5. The molecule has 1 heterocycles. The number of nitro groups is 1. The molecule has 2 aromatic rings. The SMILES string of the molecule is O=C(O)CCCc1nc(-c2cc([N+](=O)[O-])ccc2Cl)no1. The number of non-ortho nitro benzene ring substituents is 1. The highest BCUT2D eigenvalue weighted by Crippen LogP contribution is 2.29. The van der Waals surface area contributed by atoms with Crippen LogP contribution in [-0.2, 0) is 11.2 Å². The molecular weight excluding hydrogens is 302 g/mol. The molecule has 1 aromatic carbocycles. The Morgan fingerprint density at radius 1 is 1.48 bits per heavy atom. The largest absolute Gasteiger partial charge is 0.481 e. The smallest absolute Gasteiger partial charge is 0.303 e. The Bertz CT molecular complexity index is 685. The highest BCUT2D eigenvalue weighted by Gasteiger charge is 2.16. The van der Waals surface area contributed by atoms with Gasteiger partial charge in [-0.05, 0) is 12.5 Å². The maximum atomic E-state index is 10.7. The molecule has 0 fully saturated rings. The molecule has 8 nitrogen and oxygen atoms in total. The quantitative estimate of drug-likeness (QED) is 0.643. The van der Waals surface area contributed by atoms with Gasteiger partial charge < -0.3 is 9.63 Å². The van der Waals surface area contributed by atoms with Gasteiger partial charge >= 0.3 is 5.97 Å². The third kappa shape index (κ3) is 3.76. The average molecular weight is 312 g/mol. The summed E-state index contributed by atoms with van der Waals surface area (Å²) in [4.78, 5) is 24.7. The summed E-state index contributed by atoms with van der Waals surface area (Å²) in [5.74, 6) is -0.515. The standard InChI is InChI=1S/C12H10ClN3O5/c13-9-5-4-7(16(19)20)6-8(9)12-14-10(21-15-12)2-1-3-11(17)18/h4-6H,1-3H2,(H,17,18). The minimum Gasteiger partial charge on any atom is -0.481 e. The van der Waals surface area contributed by atoms with E-state index in [1.54, 1.807) is 0 Å². The summed E-state index contributed by atoms with van der Waals surface area (Å²) in [7, 11) is 0. The van der Waals surface area contributed by atoms with Gasteiger partial charge in [0.25, 0.3) is 5.69 Å². The van der Waals surface area contributed by atoms with Crippen LogP contribution in [0.1, 0.15) is 18.7 Å². The summed E-state index contributed by atoms with van der Waals surface area (Å²) in [5, 5.41) is 23.3. The predicted molar refractivity (Wildman–Crippen MR) is 72.0 cm³/mol. The van der Waals surface area contributed by atoms with E-state index in [1.807, 2.05) is 0 Å². The van der Waals surface area contributed by atoms with Crippen LogP contribution >= 0.6 is 11.6 Å². The summed E-state index contributed by atoms with van der Waals surface area (Å²) in [6, 6.07) is 3.92. The van der Waals surface area contributed by atoms with Crippen molar-refractivity contribution in [3.8, 4) is 11.4 Å². The van der Waals surface area contributed by atoms with Crippen molar-refractivity contribution in [1.82, 2.24) is 10.1 Å². The van der Waals surface area contributed by atoms with Gasteiger partial charge in [-0.1, -0.05) is 16.8 Å². The Kier molecular flexibility index (Phi) is 4.49. The molecule has 0 aliphatic carbocycles. The summed E-state index contributed by atoms with van der Waals surface area (Å²) in [5.41, 5.74) is 0.158. The number of carbonyl (C=O) groups is 1. The molecule has 0 amide bonds. The van der Waals surface area contributed by atoms with Gasteiger partial charge in [0.2, 0.25) is 11.7 Å². The summed E-state index contributed by atoms with van der Waals surface area (Å²) in [6.07, 6.45) is 0.667. The number of halogens is 1. The molecule has 0 aliphatic heterocycles. The minimum absolute atomic E-state index is 0.00468. The van der Waals surface area contributed by atoms with Crippen molar-refractivity contribution in [1.29, 1.82) is 0 Å². The van der Waals surface area contributed by atoms with E-state index in [0.717, 1.165) is 0 Å². The molecule has 110 valence electrons. The topological polar surface area (TPSA) is 119 Å². The van der Waals surface area contributed by atoms with E-state index < -0.39 is 10.9 Å². The highest BCUT2D eigenvalue weighted by atomic mass is 35.5. The first kappa shape index (κ1) is 14.9. The van der Waals surface area contributed by atoms with Crippen LogP contribution in [0.25, 0.3) is 11.4 Å². The lowest BCUT2D eigenvalue weighted by atomic mass is 10.2. The van der Waals surface area contributed by atoms with Crippen LogP contribution in [0, 0.1) is 10.1 Å². The molecular formula is C12H10ClN3O5. The van der Waals surface area contributed by atoms with E-state index in [2.05, 4.69) is 10.1 Å². The average Bonchev–Trinajstić information content (AvgIpc) is 2.87. The number of benzene rings is 1. The van der Waals surface area contributed by atoms with Gasteiger partial charge in [0.1, 0.15) is 0 Å². The zero-order valence-electron chi connectivity index (χ0n) is 10.7. The number of aliphatic carboxylic acids is 1. The number of carboxylic acid groups (broad SMARTS) is 1. The first-order valence-corrected chi connectivity index (χ1v) is 6.34. The molecule has 0 bridgehead atoms. The number of carboxylic acids is 1. The maximum absolute atomic E-state index is 10.7. The van der Waals surface area contributed by atoms with Crippen LogP contribution in [0.5, 0.6) is 0 Å². The number of aryl methyl sites for hydroxylation is 1. The van der Waals surface area contributed by atoms with Crippen molar-refractivity contribution in [2.75, 3.05) is 0 Å². The zero-order chi connectivity index (χ0) is 15.4. The molecule has 21 heavy (non-hydrogen) atoms. The zero-order valence-corrected chi connectivity index (χ0v) is 11.4. The van der Waals surface area contributed by atoms with Crippen molar-refractivity contribution in [2.45, 2.75) is 19.3 Å². The van der Waals surface area contributed by atoms with Crippen molar-refractivity contribution in [3.63, 3.8) is 0 Å². The van der Waals surface area contributed by atoms with Crippen molar-refractivity contribution in [2.24, 2.45) is 0 Å². The number of aromatic nitrogens is 2. The Hall–Kier alpha value is -2.48. The molecule has 0 aliphatic rings. The molecule has 0 atom stereocenters. The summed E-state index contributed by atoms with van der Waals surface area (Å²) < 4.78 is 4.97. The number of hydrogen-bond donors (Lipinski definition) is 1. The maximum Gasteiger partial charge on any atom is 0.303 e. The Balaban J connectivity index is 2.19. The van der Waals surface area contributed by atoms with Gasteiger partial charge in [0.15, 0.2) is 0 Å². The summed E-state index contributed by atoms with van der Waals surface area (Å²) >= 11 is 5.97. The fraction of sp³-hybridized carbons (Fsp3) is 0.250. The van der Waals surface area contributed by atoms with E-state index >= 15 is 0 Å². The van der Waals surface area contributed by atoms with Crippen LogP contribution in [-0.4, -0.2) is 26.1 Å². The first-order valence-electron chi connectivity index (χ1n) is 5.96. The van der Waals surface area contributed by atoms with Crippen LogP contribution < -0.4 is 0 Å². The lowest BCUT2D eigenvalue weighted by Gasteiger charge is -1.98. The van der Waals surface area contributed by atoms with E-state index in [-0.39, 0.29) is 28.8 Å². The Labute approximate surface area is 123 Å². The first-order chi connectivity index (χ1) is 9.97. The van der Waals surface area contributed by atoms with E-state index in [4.69, 9.17) is 21.2 Å². The Morgan fingerprint density at radius 3 is 2.90 bits per heavy atom. The van der Waals surface area contributed by atoms with E-state index in [9.17, 15) is 14.9 Å². The molecule has 0 unspecified atom stereocenters.